The Morgan fingerprint density at radius 2 is 2.12 bits per heavy atom. The van der Waals surface area contributed by atoms with Crippen molar-refractivity contribution >= 4 is 5.97 Å². The molecule has 0 aliphatic heterocycles. The highest BCUT2D eigenvalue weighted by molar-refractivity contribution is 5.78. The largest absolute Gasteiger partial charge is 0.481 e. The predicted octanol–water partition coefficient (Wildman–Crippen LogP) is 1.92. The molecule has 0 atom stereocenters. The van der Waals surface area contributed by atoms with E-state index in [1.165, 1.54) is 12.1 Å². The number of nitrogens with one attached hydrogen (secondary N) is 1. The van der Waals surface area contributed by atoms with Crippen LogP contribution in [-0.2, 0) is 11.3 Å². The molecule has 1 aromatic carbocycles. The van der Waals surface area contributed by atoms with Crippen molar-refractivity contribution in [3.8, 4) is 0 Å². The van der Waals surface area contributed by atoms with Gasteiger partial charge in [0.05, 0.1) is 5.41 Å². The molecule has 2 rings (SSSR count). The Morgan fingerprint density at radius 3 is 2.65 bits per heavy atom. The van der Waals surface area contributed by atoms with E-state index in [9.17, 15) is 13.6 Å². The van der Waals surface area contributed by atoms with E-state index in [1.807, 2.05) is 0 Å². The highest BCUT2D eigenvalue weighted by Gasteiger charge is 2.49. The van der Waals surface area contributed by atoms with Crippen molar-refractivity contribution in [1.82, 2.24) is 5.32 Å². The maximum absolute atomic E-state index is 13.2. The van der Waals surface area contributed by atoms with Crippen LogP contribution in [-0.4, -0.2) is 17.6 Å². The summed E-state index contributed by atoms with van der Waals surface area (Å²) >= 11 is 0. The van der Waals surface area contributed by atoms with Crippen molar-refractivity contribution < 1.29 is 18.7 Å². The van der Waals surface area contributed by atoms with E-state index in [1.54, 1.807) is 0 Å². The SMILES string of the molecule is O=C(O)C1(CNCc2ccc(F)cc2F)CC1. The summed E-state index contributed by atoms with van der Waals surface area (Å²) < 4.78 is 25.9. The Hall–Kier alpha value is -1.49. The first-order valence-corrected chi connectivity index (χ1v) is 5.42. The summed E-state index contributed by atoms with van der Waals surface area (Å²) in [6.45, 7) is 0.528. The molecule has 0 saturated heterocycles. The molecule has 1 aliphatic rings. The van der Waals surface area contributed by atoms with Crippen LogP contribution in [0.3, 0.4) is 0 Å². The highest BCUT2D eigenvalue weighted by Crippen LogP contribution is 2.45. The van der Waals surface area contributed by atoms with Gasteiger partial charge in [0, 0.05) is 24.7 Å². The maximum Gasteiger partial charge on any atom is 0.310 e. The molecule has 0 heterocycles. The number of carboxylic acids is 1. The number of hydrogen-bond acceptors (Lipinski definition) is 2. The normalized spacial score (nSPS) is 16.8. The molecule has 1 fully saturated rings. The minimum absolute atomic E-state index is 0.209. The van der Waals surface area contributed by atoms with Gasteiger partial charge in [0.15, 0.2) is 0 Å². The van der Waals surface area contributed by atoms with Crippen LogP contribution >= 0.6 is 0 Å². The Balaban J connectivity index is 1.88. The van der Waals surface area contributed by atoms with Crippen molar-refractivity contribution in [2.75, 3.05) is 6.54 Å². The molecule has 5 heteroatoms. The summed E-state index contributed by atoms with van der Waals surface area (Å²) in [5.74, 6) is -2.04. The lowest BCUT2D eigenvalue weighted by Crippen LogP contribution is -2.29. The fraction of sp³-hybridized carbons (Fsp3) is 0.417. The number of benzene rings is 1. The van der Waals surface area contributed by atoms with Gasteiger partial charge in [-0.1, -0.05) is 6.07 Å². The zero-order chi connectivity index (χ0) is 12.5. The standard InChI is InChI=1S/C12H13F2NO2/c13-9-2-1-8(10(14)5-9)6-15-7-12(3-4-12)11(16)17/h1-2,5,15H,3-4,6-7H2,(H,16,17). The van der Waals surface area contributed by atoms with Gasteiger partial charge < -0.3 is 10.4 Å². The molecule has 0 amide bonds. The molecule has 1 aromatic rings. The second-order valence-corrected chi connectivity index (χ2v) is 4.42. The molecule has 0 radical (unpaired) electrons. The van der Waals surface area contributed by atoms with Crippen molar-refractivity contribution in [3.05, 3.63) is 35.4 Å². The van der Waals surface area contributed by atoms with E-state index in [2.05, 4.69) is 5.32 Å². The van der Waals surface area contributed by atoms with Gasteiger partial charge in [-0.2, -0.15) is 0 Å². The summed E-state index contributed by atoms with van der Waals surface area (Å²) in [5, 5.41) is 11.8. The van der Waals surface area contributed by atoms with E-state index >= 15 is 0 Å². The van der Waals surface area contributed by atoms with Gasteiger partial charge in [-0.25, -0.2) is 8.78 Å². The molecule has 3 nitrogen and oxygen atoms in total. The van der Waals surface area contributed by atoms with E-state index in [-0.39, 0.29) is 6.54 Å². The molecular weight excluding hydrogens is 228 g/mol. The quantitative estimate of drug-likeness (QED) is 0.828. The van der Waals surface area contributed by atoms with Crippen molar-refractivity contribution in [3.63, 3.8) is 0 Å². The maximum atomic E-state index is 13.2. The number of rotatable bonds is 5. The van der Waals surface area contributed by atoms with Gasteiger partial charge in [0.25, 0.3) is 0 Å². The number of carboxylic acid groups (broad SMARTS) is 1. The Morgan fingerprint density at radius 1 is 1.41 bits per heavy atom. The van der Waals surface area contributed by atoms with E-state index in [4.69, 9.17) is 5.11 Å². The lowest BCUT2D eigenvalue weighted by molar-refractivity contribution is -0.143. The van der Waals surface area contributed by atoms with Crippen LogP contribution in [0, 0.1) is 17.0 Å². The van der Waals surface area contributed by atoms with Crippen LogP contribution in [0.5, 0.6) is 0 Å². The first kappa shape index (κ1) is 12.0. The third-order valence-corrected chi connectivity index (χ3v) is 3.10. The number of carbonyl (C=O) groups is 1. The molecular formula is C12H13F2NO2. The molecule has 2 N–H and O–H groups in total. The lowest BCUT2D eigenvalue weighted by atomic mass is 10.1. The van der Waals surface area contributed by atoms with Crippen LogP contribution in [0.4, 0.5) is 8.78 Å². The highest BCUT2D eigenvalue weighted by atomic mass is 19.1. The van der Waals surface area contributed by atoms with Crippen molar-refractivity contribution in [1.29, 1.82) is 0 Å². The van der Waals surface area contributed by atoms with Crippen LogP contribution in [0.25, 0.3) is 0 Å². The third kappa shape index (κ3) is 2.61. The zero-order valence-corrected chi connectivity index (χ0v) is 9.17. The summed E-state index contributed by atoms with van der Waals surface area (Å²) in [5.41, 5.74) is -0.330. The second kappa shape index (κ2) is 4.41. The molecule has 92 valence electrons. The van der Waals surface area contributed by atoms with Gasteiger partial charge in [0.2, 0.25) is 0 Å². The Labute approximate surface area is 97.5 Å². The fourth-order valence-corrected chi connectivity index (χ4v) is 1.72. The predicted molar refractivity (Wildman–Crippen MR) is 57.4 cm³/mol. The van der Waals surface area contributed by atoms with Gasteiger partial charge in [0.1, 0.15) is 11.6 Å². The van der Waals surface area contributed by atoms with Gasteiger partial charge in [-0.05, 0) is 18.9 Å². The first-order valence-electron chi connectivity index (χ1n) is 5.42. The number of halogens is 2. The Kier molecular flexibility index (Phi) is 3.11. The Bertz CT molecular complexity index is 444. The molecule has 1 aliphatic carbocycles. The second-order valence-electron chi connectivity index (χ2n) is 4.42. The van der Waals surface area contributed by atoms with Crippen molar-refractivity contribution in [2.45, 2.75) is 19.4 Å². The van der Waals surface area contributed by atoms with E-state index in [0.29, 0.717) is 24.9 Å². The molecule has 17 heavy (non-hydrogen) atoms. The summed E-state index contributed by atoms with van der Waals surface area (Å²) in [7, 11) is 0. The minimum Gasteiger partial charge on any atom is -0.481 e. The van der Waals surface area contributed by atoms with Gasteiger partial charge >= 0.3 is 5.97 Å². The topological polar surface area (TPSA) is 49.3 Å². The first-order chi connectivity index (χ1) is 8.03. The minimum atomic E-state index is -0.815. The summed E-state index contributed by atoms with van der Waals surface area (Å²) in [6, 6.07) is 3.36. The van der Waals surface area contributed by atoms with Crippen LogP contribution < -0.4 is 5.32 Å². The van der Waals surface area contributed by atoms with Crippen molar-refractivity contribution in [2.24, 2.45) is 5.41 Å². The third-order valence-electron chi connectivity index (χ3n) is 3.10. The van der Waals surface area contributed by atoms with Crippen LogP contribution in [0.15, 0.2) is 18.2 Å². The van der Waals surface area contributed by atoms with Crippen LogP contribution in [0.2, 0.25) is 0 Å². The number of hydrogen-bond donors (Lipinski definition) is 2. The smallest absolute Gasteiger partial charge is 0.310 e. The lowest BCUT2D eigenvalue weighted by Gasteiger charge is -2.11. The molecule has 1 saturated carbocycles. The fourth-order valence-electron chi connectivity index (χ4n) is 1.72. The molecule has 0 bridgehead atoms. The van der Waals surface area contributed by atoms with E-state index < -0.39 is 23.0 Å². The monoisotopic (exact) mass is 241 g/mol. The van der Waals surface area contributed by atoms with Gasteiger partial charge in [-0.15, -0.1) is 0 Å². The summed E-state index contributed by atoms with van der Waals surface area (Å²) in [6.07, 6.45) is 1.31. The average Bonchev–Trinajstić information content (AvgIpc) is 3.02. The van der Waals surface area contributed by atoms with Gasteiger partial charge in [-0.3, -0.25) is 4.79 Å². The van der Waals surface area contributed by atoms with Crippen LogP contribution in [0.1, 0.15) is 18.4 Å². The average molecular weight is 241 g/mol. The molecule has 0 spiro atoms. The molecule has 0 aromatic heterocycles. The molecule has 0 unspecified atom stereocenters. The van der Waals surface area contributed by atoms with E-state index in [0.717, 1.165) is 6.07 Å². The number of aliphatic carboxylic acids is 1. The summed E-state index contributed by atoms with van der Waals surface area (Å²) in [4.78, 5) is 10.9. The zero-order valence-electron chi connectivity index (χ0n) is 9.17.